The maximum absolute atomic E-state index is 12.1. The van der Waals surface area contributed by atoms with E-state index in [1.165, 1.54) is 0 Å². The fourth-order valence-corrected chi connectivity index (χ4v) is 2.47. The van der Waals surface area contributed by atoms with E-state index in [1.807, 2.05) is 4.90 Å². The van der Waals surface area contributed by atoms with E-state index in [0.717, 1.165) is 44.8 Å². The van der Waals surface area contributed by atoms with Gasteiger partial charge in [-0.1, -0.05) is 13.3 Å². The SMILES string of the molecule is CCCC(N)CC(=O)N1CCN(c2cnccn2)CC1. The summed E-state index contributed by atoms with van der Waals surface area (Å²) in [4.78, 5) is 24.5. The monoisotopic (exact) mass is 277 g/mol. The van der Waals surface area contributed by atoms with Gasteiger partial charge < -0.3 is 15.5 Å². The fourth-order valence-electron chi connectivity index (χ4n) is 2.47. The molecule has 2 rings (SSSR count). The molecule has 20 heavy (non-hydrogen) atoms. The molecule has 0 bridgehead atoms. The Balaban J connectivity index is 1.80. The lowest BCUT2D eigenvalue weighted by atomic mass is 10.1. The van der Waals surface area contributed by atoms with Gasteiger partial charge in [0, 0.05) is 51.0 Å². The lowest BCUT2D eigenvalue weighted by Gasteiger charge is -2.35. The molecule has 0 saturated carbocycles. The summed E-state index contributed by atoms with van der Waals surface area (Å²) in [5.41, 5.74) is 5.93. The van der Waals surface area contributed by atoms with Gasteiger partial charge in [0.1, 0.15) is 5.82 Å². The summed E-state index contributed by atoms with van der Waals surface area (Å²) < 4.78 is 0. The number of hydrogen-bond acceptors (Lipinski definition) is 5. The summed E-state index contributed by atoms with van der Waals surface area (Å²) in [6.45, 7) is 5.15. The van der Waals surface area contributed by atoms with Crippen LogP contribution in [0.2, 0.25) is 0 Å². The molecule has 1 aliphatic rings. The molecule has 1 saturated heterocycles. The van der Waals surface area contributed by atoms with E-state index >= 15 is 0 Å². The van der Waals surface area contributed by atoms with Gasteiger partial charge >= 0.3 is 0 Å². The number of anilines is 1. The van der Waals surface area contributed by atoms with Crippen LogP contribution in [0.4, 0.5) is 5.82 Å². The van der Waals surface area contributed by atoms with Crippen molar-refractivity contribution in [3.8, 4) is 0 Å². The summed E-state index contributed by atoms with van der Waals surface area (Å²) in [6.07, 6.45) is 7.50. The number of amides is 1. The molecule has 6 heteroatoms. The average Bonchev–Trinajstić information content (AvgIpc) is 2.48. The molecule has 110 valence electrons. The normalized spacial score (nSPS) is 17.1. The molecule has 0 aromatic carbocycles. The second kappa shape index (κ2) is 7.19. The van der Waals surface area contributed by atoms with E-state index in [1.54, 1.807) is 18.6 Å². The van der Waals surface area contributed by atoms with Crippen molar-refractivity contribution in [2.24, 2.45) is 5.73 Å². The Morgan fingerprint density at radius 2 is 2.10 bits per heavy atom. The first kappa shape index (κ1) is 14.7. The molecule has 1 amide bonds. The molecule has 1 atom stereocenters. The van der Waals surface area contributed by atoms with Crippen molar-refractivity contribution in [1.82, 2.24) is 14.9 Å². The summed E-state index contributed by atoms with van der Waals surface area (Å²) in [6, 6.07) is -0.00878. The van der Waals surface area contributed by atoms with Crippen LogP contribution >= 0.6 is 0 Å². The van der Waals surface area contributed by atoms with Gasteiger partial charge in [0.15, 0.2) is 0 Å². The Labute approximate surface area is 120 Å². The molecular weight excluding hydrogens is 254 g/mol. The molecule has 1 unspecified atom stereocenters. The van der Waals surface area contributed by atoms with Gasteiger partial charge in [-0.15, -0.1) is 0 Å². The predicted octanol–water partition coefficient (Wildman–Crippen LogP) is 0.643. The lowest BCUT2D eigenvalue weighted by molar-refractivity contribution is -0.131. The predicted molar refractivity (Wildman–Crippen MR) is 78.3 cm³/mol. The van der Waals surface area contributed by atoms with Crippen LogP contribution in [0.3, 0.4) is 0 Å². The van der Waals surface area contributed by atoms with Crippen LogP contribution in [0.15, 0.2) is 18.6 Å². The van der Waals surface area contributed by atoms with Crippen LogP contribution in [-0.2, 0) is 4.79 Å². The van der Waals surface area contributed by atoms with Gasteiger partial charge in [-0.05, 0) is 6.42 Å². The van der Waals surface area contributed by atoms with Crippen LogP contribution in [0, 0.1) is 0 Å². The van der Waals surface area contributed by atoms with Crippen LogP contribution in [0.1, 0.15) is 26.2 Å². The number of aromatic nitrogens is 2. The van der Waals surface area contributed by atoms with Crippen LogP contribution in [0.5, 0.6) is 0 Å². The van der Waals surface area contributed by atoms with Crippen molar-refractivity contribution in [3.05, 3.63) is 18.6 Å². The third-order valence-electron chi connectivity index (χ3n) is 3.60. The Hall–Kier alpha value is -1.69. The van der Waals surface area contributed by atoms with Gasteiger partial charge in [0.25, 0.3) is 0 Å². The minimum atomic E-state index is -0.00878. The van der Waals surface area contributed by atoms with E-state index < -0.39 is 0 Å². The number of hydrogen-bond donors (Lipinski definition) is 1. The first-order chi connectivity index (χ1) is 9.70. The lowest BCUT2D eigenvalue weighted by Crippen LogP contribution is -2.50. The van der Waals surface area contributed by atoms with Crippen LogP contribution in [0.25, 0.3) is 0 Å². The topological polar surface area (TPSA) is 75.4 Å². The van der Waals surface area contributed by atoms with Crippen molar-refractivity contribution < 1.29 is 4.79 Å². The quantitative estimate of drug-likeness (QED) is 0.855. The number of nitrogens with zero attached hydrogens (tertiary/aromatic N) is 4. The maximum Gasteiger partial charge on any atom is 0.224 e. The minimum Gasteiger partial charge on any atom is -0.352 e. The third kappa shape index (κ3) is 3.90. The molecule has 6 nitrogen and oxygen atoms in total. The van der Waals surface area contributed by atoms with Crippen molar-refractivity contribution in [2.75, 3.05) is 31.1 Å². The van der Waals surface area contributed by atoms with Gasteiger partial charge in [-0.3, -0.25) is 9.78 Å². The molecule has 0 spiro atoms. The Kier molecular flexibility index (Phi) is 5.29. The highest BCUT2D eigenvalue weighted by Crippen LogP contribution is 2.12. The summed E-state index contributed by atoms with van der Waals surface area (Å²) in [5, 5.41) is 0. The van der Waals surface area contributed by atoms with Crippen LogP contribution < -0.4 is 10.6 Å². The summed E-state index contributed by atoms with van der Waals surface area (Å²) in [7, 11) is 0. The number of nitrogens with two attached hydrogens (primary N) is 1. The van der Waals surface area contributed by atoms with Gasteiger partial charge in [0.2, 0.25) is 5.91 Å². The largest absolute Gasteiger partial charge is 0.352 e. The van der Waals surface area contributed by atoms with Crippen molar-refractivity contribution >= 4 is 11.7 Å². The molecule has 0 radical (unpaired) electrons. The highest BCUT2D eigenvalue weighted by Gasteiger charge is 2.22. The molecule has 2 N–H and O–H groups in total. The van der Waals surface area contributed by atoms with Gasteiger partial charge in [-0.25, -0.2) is 4.98 Å². The summed E-state index contributed by atoms with van der Waals surface area (Å²) >= 11 is 0. The van der Waals surface area contributed by atoms with Crippen molar-refractivity contribution in [2.45, 2.75) is 32.2 Å². The van der Waals surface area contributed by atoms with Gasteiger partial charge in [-0.2, -0.15) is 0 Å². The number of rotatable bonds is 5. The summed E-state index contributed by atoms with van der Waals surface area (Å²) in [5.74, 6) is 1.05. The maximum atomic E-state index is 12.1. The Morgan fingerprint density at radius 1 is 1.35 bits per heavy atom. The first-order valence-corrected chi connectivity index (χ1v) is 7.25. The average molecular weight is 277 g/mol. The van der Waals surface area contributed by atoms with E-state index in [9.17, 15) is 4.79 Å². The number of carbonyl (C=O) groups is 1. The molecule has 1 aromatic rings. The third-order valence-corrected chi connectivity index (χ3v) is 3.60. The van der Waals surface area contributed by atoms with Crippen molar-refractivity contribution in [1.29, 1.82) is 0 Å². The zero-order valence-corrected chi connectivity index (χ0v) is 12.0. The van der Waals surface area contributed by atoms with E-state index in [-0.39, 0.29) is 11.9 Å². The standard InChI is InChI=1S/C14H23N5O/c1-2-3-12(15)10-14(20)19-8-6-18(7-9-19)13-11-16-4-5-17-13/h4-5,11-12H,2-3,6-10,15H2,1H3. The minimum absolute atomic E-state index is 0.00878. The van der Waals surface area contributed by atoms with Crippen LogP contribution in [-0.4, -0.2) is 53.0 Å². The second-order valence-corrected chi connectivity index (χ2v) is 5.18. The van der Waals surface area contributed by atoms with Gasteiger partial charge in [0.05, 0.1) is 6.20 Å². The Morgan fingerprint density at radius 3 is 2.70 bits per heavy atom. The second-order valence-electron chi connectivity index (χ2n) is 5.18. The Bertz CT molecular complexity index is 417. The zero-order valence-electron chi connectivity index (χ0n) is 12.0. The molecular formula is C14H23N5O. The molecule has 2 heterocycles. The smallest absolute Gasteiger partial charge is 0.224 e. The van der Waals surface area contributed by atoms with E-state index in [4.69, 9.17) is 5.73 Å². The number of carbonyl (C=O) groups excluding carboxylic acids is 1. The molecule has 0 aliphatic carbocycles. The van der Waals surface area contributed by atoms with E-state index in [2.05, 4.69) is 21.8 Å². The highest BCUT2D eigenvalue weighted by atomic mass is 16.2. The fraction of sp³-hybridized carbons (Fsp3) is 0.643. The highest BCUT2D eigenvalue weighted by molar-refractivity contribution is 5.77. The number of piperazine rings is 1. The van der Waals surface area contributed by atoms with E-state index in [0.29, 0.717) is 6.42 Å². The zero-order chi connectivity index (χ0) is 14.4. The molecule has 1 aliphatic heterocycles. The van der Waals surface area contributed by atoms with Crippen molar-refractivity contribution in [3.63, 3.8) is 0 Å². The molecule has 1 fully saturated rings. The molecule has 1 aromatic heterocycles. The first-order valence-electron chi connectivity index (χ1n) is 7.25.